The normalized spacial score (nSPS) is 10.2. The largest absolute Gasteiger partial charge is 0.497 e. The lowest BCUT2D eigenvalue weighted by Gasteiger charge is -2.11. The number of aryl methyl sites for hydroxylation is 1. The summed E-state index contributed by atoms with van der Waals surface area (Å²) >= 11 is 1.15. The summed E-state index contributed by atoms with van der Waals surface area (Å²) in [5, 5.41) is 3.15. The van der Waals surface area contributed by atoms with Gasteiger partial charge in [-0.15, -0.1) is 0 Å². The average molecular weight is 293 g/mol. The number of carbonyl (C=O) groups is 1. The van der Waals surface area contributed by atoms with Crippen molar-refractivity contribution in [1.29, 1.82) is 0 Å². The van der Waals surface area contributed by atoms with Crippen molar-refractivity contribution in [1.82, 2.24) is 4.98 Å². The number of hydrogen-bond donors (Lipinski definition) is 2. The summed E-state index contributed by atoms with van der Waals surface area (Å²) in [7, 11) is 3.09. The minimum atomic E-state index is -0.264. The van der Waals surface area contributed by atoms with Crippen LogP contribution in [-0.4, -0.2) is 25.1 Å². The monoisotopic (exact) mass is 293 g/mol. The van der Waals surface area contributed by atoms with Crippen LogP contribution in [0.2, 0.25) is 0 Å². The number of ether oxygens (including phenoxy) is 2. The Kier molecular flexibility index (Phi) is 4.09. The minimum absolute atomic E-state index is 0.264. The SMILES string of the molecule is COc1ccc(NC(=O)c2sc(N)nc2C)c(OC)c1. The number of nitrogen functional groups attached to an aromatic ring is 1. The first kappa shape index (κ1) is 14.1. The smallest absolute Gasteiger partial charge is 0.267 e. The number of nitrogens with zero attached hydrogens (tertiary/aromatic N) is 1. The highest BCUT2D eigenvalue weighted by molar-refractivity contribution is 7.17. The third kappa shape index (κ3) is 2.83. The molecule has 0 unspecified atom stereocenters. The number of anilines is 2. The lowest BCUT2D eigenvalue weighted by Crippen LogP contribution is -2.12. The highest BCUT2D eigenvalue weighted by Gasteiger charge is 2.16. The Morgan fingerprint density at radius 2 is 2.10 bits per heavy atom. The summed E-state index contributed by atoms with van der Waals surface area (Å²) in [5.41, 5.74) is 6.76. The fraction of sp³-hybridized carbons (Fsp3) is 0.231. The Morgan fingerprint density at radius 3 is 2.65 bits per heavy atom. The molecule has 106 valence electrons. The van der Waals surface area contributed by atoms with Crippen LogP contribution in [0.4, 0.5) is 10.8 Å². The van der Waals surface area contributed by atoms with Gasteiger partial charge in [-0.05, 0) is 19.1 Å². The van der Waals surface area contributed by atoms with Gasteiger partial charge in [-0.3, -0.25) is 4.79 Å². The predicted molar refractivity (Wildman–Crippen MR) is 78.8 cm³/mol. The Labute approximate surface area is 120 Å². The molecule has 6 nitrogen and oxygen atoms in total. The quantitative estimate of drug-likeness (QED) is 0.903. The maximum Gasteiger partial charge on any atom is 0.267 e. The van der Waals surface area contributed by atoms with Crippen LogP contribution in [0.3, 0.4) is 0 Å². The number of methoxy groups -OCH3 is 2. The molecule has 0 saturated carbocycles. The van der Waals surface area contributed by atoms with E-state index in [0.29, 0.717) is 32.9 Å². The molecule has 1 aromatic carbocycles. The van der Waals surface area contributed by atoms with Gasteiger partial charge < -0.3 is 20.5 Å². The number of nitrogens with two attached hydrogens (primary N) is 1. The molecule has 0 fully saturated rings. The van der Waals surface area contributed by atoms with Gasteiger partial charge in [0, 0.05) is 6.07 Å². The summed E-state index contributed by atoms with van der Waals surface area (Å²) in [6.07, 6.45) is 0. The van der Waals surface area contributed by atoms with Gasteiger partial charge in [0.05, 0.1) is 25.6 Å². The van der Waals surface area contributed by atoms with Crippen molar-refractivity contribution in [2.45, 2.75) is 6.92 Å². The van der Waals surface area contributed by atoms with E-state index < -0.39 is 0 Å². The summed E-state index contributed by atoms with van der Waals surface area (Å²) in [6, 6.07) is 5.16. The van der Waals surface area contributed by atoms with Crippen molar-refractivity contribution in [2.75, 3.05) is 25.3 Å². The minimum Gasteiger partial charge on any atom is -0.497 e. The maximum absolute atomic E-state index is 12.2. The molecule has 0 aliphatic carbocycles. The van der Waals surface area contributed by atoms with E-state index in [2.05, 4.69) is 10.3 Å². The molecule has 0 atom stereocenters. The van der Waals surface area contributed by atoms with Crippen molar-refractivity contribution in [3.05, 3.63) is 28.8 Å². The van der Waals surface area contributed by atoms with Gasteiger partial charge in [0.15, 0.2) is 5.13 Å². The van der Waals surface area contributed by atoms with Crippen LogP contribution < -0.4 is 20.5 Å². The lowest BCUT2D eigenvalue weighted by molar-refractivity contribution is 0.102. The lowest BCUT2D eigenvalue weighted by atomic mass is 10.2. The van der Waals surface area contributed by atoms with E-state index in [0.717, 1.165) is 11.3 Å². The summed E-state index contributed by atoms with van der Waals surface area (Å²) in [6.45, 7) is 1.74. The molecule has 0 radical (unpaired) electrons. The van der Waals surface area contributed by atoms with Crippen molar-refractivity contribution in [2.24, 2.45) is 0 Å². The summed E-state index contributed by atoms with van der Waals surface area (Å²) in [4.78, 5) is 16.7. The molecular formula is C13H15N3O3S. The number of thiazole rings is 1. The van der Waals surface area contributed by atoms with Gasteiger partial charge in [-0.2, -0.15) is 0 Å². The van der Waals surface area contributed by atoms with Gasteiger partial charge in [0.2, 0.25) is 0 Å². The number of benzene rings is 1. The van der Waals surface area contributed by atoms with E-state index >= 15 is 0 Å². The molecule has 0 bridgehead atoms. The molecule has 20 heavy (non-hydrogen) atoms. The van der Waals surface area contributed by atoms with E-state index in [-0.39, 0.29) is 5.91 Å². The summed E-state index contributed by atoms with van der Waals surface area (Å²) in [5.74, 6) is 0.908. The van der Waals surface area contributed by atoms with Gasteiger partial charge in [0.1, 0.15) is 16.4 Å². The Morgan fingerprint density at radius 1 is 1.35 bits per heavy atom. The Hall–Kier alpha value is -2.28. The van der Waals surface area contributed by atoms with E-state index in [4.69, 9.17) is 15.2 Å². The maximum atomic E-state index is 12.2. The molecule has 2 aromatic rings. The van der Waals surface area contributed by atoms with Crippen LogP contribution in [0.15, 0.2) is 18.2 Å². The van der Waals surface area contributed by atoms with Crippen molar-refractivity contribution in [3.63, 3.8) is 0 Å². The van der Waals surface area contributed by atoms with Gasteiger partial charge in [-0.25, -0.2) is 4.98 Å². The zero-order valence-electron chi connectivity index (χ0n) is 11.4. The predicted octanol–water partition coefficient (Wildman–Crippen LogP) is 2.30. The number of carbonyl (C=O) groups excluding carboxylic acids is 1. The fourth-order valence-electron chi connectivity index (χ4n) is 1.71. The highest BCUT2D eigenvalue weighted by atomic mass is 32.1. The fourth-order valence-corrected chi connectivity index (χ4v) is 2.44. The van der Waals surface area contributed by atoms with E-state index in [1.54, 1.807) is 32.2 Å². The van der Waals surface area contributed by atoms with Crippen LogP contribution in [0, 0.1) is 6.92 Å². The Bertz CT molecular complexity index is 640. The summed E-state index contributed by atoms with van der Waals surface area (Å²) < 4.78 is 10.3. The number of amides is 1. The molecule has 2 rings (SSSR count). The second-order valence-corrected chi connectivity index (χ2v) is 5.02. The third-order valence-electron chi connectivity index (χ3n) is 2.68. The molecule has 0 aliphatic rings. The van der Waals surface area contributed by atoms with Crippen LogP contribution in [0.1, 0.15) is 15.4 Å². The zero-order chi connectivity index (χ0) is 14.7. The van der Waals surface area contributed by atoms with Gasteiger partial charge >= 0.3 is 0 Å². The van der Waals surface area contributed by atoms with Gasteiger partial charge in [-0.1, -0.05) is 11.3 Å². The first-order valence-electron chi connectivity index (χ1n) is 5.81. The van der Waals surface area contributed by atoms with Gasteiger partial charge in [0.25, 0.3) is 5.91 Å². The first-order chi connectivity index (χ1) is 9.55. The number of nitrogens with one attached hydrogen (secondary N) is 1. The zero-order valence-corrected chi connectivity index (χ0v) is 12.2. The molecule has 3 N–H and O–H groups in total. The van der Waals surface area contributed by atoms with E-state index in [1.807, 2.05) is 0 Å². The van der Waals surface area contributed by atoms with E-state index in [1.165, 1.54) is 7.11 Å². The number of hydrogen-bond acceptors (Lipinski definition) is 6. The molecule has 0 saturated heterocycles. The number of rotatable bonds is 4. The molecular weight excluding hydrogens is 278 g/mol. The van der Waals surface area contributed by atoms with Crippen molar-refractivity contribution >= 4 is 28.1 Å². The number of aromatic nitrogens is 1. The first-order valence-corrected chi connectivity index (χ1v) is 6.63. The molecule has 0 aliphatic heterocycles. The molecule has 1 amide bonds. The molecule has 1 aromatic heterocycles. The average Bonchev–Trinajstić information content (AvgIpc) is 2.78. The van der Waals surface area contributed by atoms with Crippen LogP contribution >= 0.6 is 11.3 Å². The molecule has 0 spiro atoms. The highest BCUT2D eigenvalue weighted by Crippen LogP contribution is 2.30. The van der Waals surface area contributed by atoms with Crippen LogP contribution in [0.25, 0.3) is 0 Å². The second kappa shape index (κ2) is 5.79. The topological polar surface area (TPSA) is 86.5 Å². The van der Waals surface area contributed by atoms with Crippen molar-refractivity contribution < 1.29 is 14.3 Å². The second-order valence-electron chi connectivity index (χ2n) is 3.99. The van der Waals surface area contributed by atoms with Crippen LogP contribution in [0.5, 0.6) is 11.5 Å². The Balaban J connectivity index is 2.25. The molecule has 7 heteroatoms. The van der Waals surface area contributed by atoms with Crippen LogP contribution in [-0.2, 0) is 0 Å². The molecule has 1 heterocycles. The van der Waals surface area contributed by atoms with Crippen molar-refractivity contribution in [3.8, 4) is 11.5 Å². The standard InChI is InChI=1S/C13H15N3O3S/c1-7-11(20-13(14)15-7)12(17)16-9-5-4-8(18-2)6-10(9)19-3/h4-6H,1-3H3,(H2,14,15)(H,16,17). The third-order valence-corrected chi connectivity index (χ3v) is 3.66. The van der Waals surface area contributed by atoms with E-state index in [9.17, 15) is 4.79 Å².